The summed E-state index contributed by atoms with van der Waals surface area (Å²) in [5.74, 6) is -2.04. The Balaban J connectivity index is 2.14. The standard InChI is InChI=1S/C15H12FNO4/c1-21-13-7-6-11(8-12(13)16)17-14(18)9-2-4-10(5-3-9)15(19)20/h2-8H,1H3,(H,17,18)(H,19,20). The van der Waals surface area contributed by atoms with E-state index in [0.29, 0.717) is 0 Å². The van der Waals surface area contributed by atoms with Crippen LogP contribution in [0.3, 0.4) is 0 Å². The van der Waals surface area contributed by atoms with Gasteiger partial charge in [-0.2, -0.15) is 0 Å². The summed E-state index contributed by atoms with van der Waals surface area (Å²) < 4.78 is 18.3. The first-order valence-corrected chi connectivity index (χ1v) is 5.99. The SMILES string of the molecule is COc1ccc(NC(=O)c2ccc(C(=O)O)cc2)cc1F. The van der Waals surface area contributed by atoms with E-state index < -0.39 is 17.7 Å². The van der Waals surface area contributed by atoms with Crippen LogP contribution in [-0.4, -0.2) is 24.1 Å². The summed E-state index contributed by atoms with van der Waals surface area (Å²) in [5, 5.41) is 11.3. The third kappa shape index (κ3) is 3.36. The van der Waals surface area contributed by atoms with Crippen molar-refractivity contribution in [2.24, 2.45) is 0 Å². The molecule has 108 valence electrons. The second-order valence-electron chi connectivity index (χ2n) is 4.19. The molecular weight excluding hydrogens is 277 g/mol. The van der Waals surface area contributed by atoms with Crippen molar-refractivity contribution < 1.29 is 23.8 Å². The van der Waals surface area contributed by atoms with Gasteiger partial charge in [-0.3, -0.25) is 4.79 Å². The van der Waals surface area contributed by atoms with Gasteiger partial charge < -0.3 is 15.2 Å². The molecule has 2 rings (SSSR count). The Bertz CT molecular complexity index is 683. The first-order valence-electron chi connectivity index (χ1n) is 5.99. The van der Waals surface area contributed by atoms with Crippen molar-refractivity contribution >= 4 is 17.6 Å². The smallest absolute Gasteiger partial charge is 0.335 e. The molecule has 2 aromatic rings. The van der Waals surface area contributed by atoms with E-state index in [9.17, 15) is 14.0 Å². The molecule has 0 spiro atoms. The number of carboxylic acids is 1. The molecule has 0 aliphatic carbocycles. The maximum Gasteiger partial charge on any atom is 0.335 e. The third-order valence-electron chi connectivity index (χ3n) is 2.80. The minimum atomic E-state index is -1.07. The Labute approximate surface area is 120 Å². The number of aromatic carboxylic acids is 1. The number of hydrogen-bond acceptors (Lipinski definition) is 3. The number of benzene rings is 2. The molecule has 21 heavy (non-hydrogen) atoms. The molecule has 1 amide bonds. The van der Waals surface area contributed by atoms with Gasteiger partial charge in [0.25, 0.3) is 5.91 Å². The predicted molar refractivity (Wildman–Crippen MR) is 74.3 cm³/mol. The summed E-state index contributed by atoms with van der Waals surface area (Å²) in [6, 6.07) is 9.47. The molecule has 0 radical (unpaired) electrons. The molecular formula is C15H12FNO4. The highest BCUT2D eigenvalue weighted by molar-refractivity contribution is 6.04. The largest absolute Gasteiger partial charge is 0.494 e. The molecule has 0 saturated carbocycles. The van der Waals surface area contributed by atoms with Crippen LogP contribution >= 0.6 is 0 Å². The van der Waals surface area contributed by atoms with Gasteiger partial charge in [-0.25, -0.2) is 9.18 Å². The lowest BCUT2D eigenvalue weighted by atomic mass is 10.1. The molecule has 6 heteroatoms. The fourth-order valence-corrected chi connectivity index (χ4v) is 1.71. The Hall–Kier alpha value is -2.89. The predicted octanol–water partition coefficient (Wildman–Crippen LogP) is 2.78. The zero-order valence-corrected chi connectivity index (χ0v) is 11.1. The number of nitrogens with one attached hydrogen (secondary N) is 1. The molecule has 0 fully saturated rings. The Morgan fingerprint density at radius 3 is 2.24 bits per heavy atom. The first kappa shape index (κ1) is 14.5. The normalized spacial score (nSPS) is 10.0. The zero-order valence-electron chi connectivity index (χ0n) is 11.1. The molecule has 0 bridgehead atoms. The van der Waals surface area contributed by atoms with Crippen molar-refractivity contribution in [3.8, 4) is 5.75 Å². The van der Waals surface area contributed by atoms with Crippen molar-refractivity contribution in [2.75, 3.05) is 12.4 Å². The third-order valence-corrected chi connectivity index (χ3v) is 2.80. The molecule has 2 aromatic carbocycles. The van der Waals surface area contributed by atoms with Gasteiger partial charge >= 0.3 is 5.97 Å². The van der Waals surface area contributed by atoms with Crippen LogP contribution in [0.5, 0.6) is 5.75 Å². The van der Waals surface area contributed by atoms with Gasteiger partial charge in [-0.1, -0.05) is 0 Å². The minimum absolute atomic E-state index is 0.0822. The van der Waals surface area contributed by atoms with Crippen LogP contribution in [0.25, 0.3) is 0 Å². The van der Waals surface area contributed by atoms with Crippen molar-refractivity contribution in [1.82, 2.24) is 0 Å². The number of rotatable bonds is 4. The van der Waals surface area contributed by atoms with Crippen LogP contribution in [0, 0.1) is 5.82 Å². The summed E-state index contributed by atoms with van der Waals surface area (Å²) in [6.07, 6.45) is 0. The van der Waals surface area contributed by atoms with E-state index >= 15 is 0 Å². The van der Waals surface area contributed by atoms with E-state index in [1.54, 1.807) is 0 Å². The van der Waals surface area contributed by atoms with E-state index in [1.807, 2.05) is 0 Å². The molecule has 0 aliphatic heterocycles. The lowest BCUT2D eigenvalue weighted by Gasteiger charge is -2.07. The van der Waals surface area contributed by atoms with E-state index in [1.165, 1.54) is 43.5 Å². The quantitative estimate of drug-likeness (QED) is 0.907. The van der Waals surface area contributed by atoms with E-state index in [4.69, 9.17) is 9.84 Å². The van der Waals surface area contributed by atoms with E-state index in [2.05, 4.69) is 5.32 Å². The van der Waals surface area contributed by atoms with Crippen LogP contribution < -0.4 is 10.1 Å². The first-order chi connectivity index (χ1) is 10.0. The summed E-state index contributed by atoms with van der Waals surface area (Å²) >= 11 is 0. The number of methoxy groups -OCH3 is 1. The van der Waals surface area contributed by atoms with Crippen LogP contribution in [0.1, 0.15) is 20.7 Å². The second kappa shape index (κ2) is 6.04. The highest BCUT2D eigenvalue weighted by atomic mass is 19.1. The number of carboxylic acid groups (broad SMARTS) is 1. The maximum atomic E-state index is 13.5. The Morgan fingerprint density at radius 2 is 1.71 bits per heavy atom. The van der Waals surface area contributed by atoms with Crippen molar-refractivity contribution in [3.05, 3.63) is 59.4 Å². The summed E-state index contributed by atoms with van der Waals surface area (Å²) in [7, 11) is 1.35. The number of hydrogen-bond donors (Lipinski definition) is 2. The maximum absolute atomic E-state index is 13.5. The van der Waals surface area contributed by atoms with Crippen LogP contribution in [0.2, 0.25) is 0 Å². The van der Waals surface area contributed by atoms with Gasteiger partial charge in [0.15, 0.2) is 11.6 Å². The molecule has 0 heterocycles. The van der Waals surface area contributed by atoms with Crippen LogP contribution in [-0.2, 0) is 0 Å². The molecule has 5 nitrogen and oxygen atoms in total. The fraction of sp³-hybridized carbons (Fsp3) is 0.0667. The van der Waals surface area contributed by atoms with Gasteiger partial charge in [-0.05, 0) is 36.4 Å². The number of ether oxygens (including phenoxy) is 1. The second-order valence-corrected chi connectivity index (χ2v) is 4.19. The van der Waals surface area contributed by atoms with E-state index in [0.717, 1.165) is 6.07 Å². The number of amides is 1. The van der Waals surface area contributed by atoms with Crippen molar-refractivity contribution in [2.45, 2.75) is 0 Å². The summed E-state index contributed by atoms with van der Waals surface area (Å²) in [5.41, 5.74) is 0.638. The van der Waals surface area contributed by atoms with E-state index in [-0.39, 0.29) is 22.6 Å². The molecule has 0 unspecified atom stereocenters. The highest BCUT2D eigenvalue weighted by Crippen LogP contribution is 2.21. The van der Waals surface area contributed by atoms with Gasteiger partial charge in [-0.15, -0.1) is 0 Å². The Kier molecular flexibility index (Phi) is 4.18. The number of carbonyl (C=O) groups is 2. The monoisotopic (exact) mass is 289 g/mol. The molecule has 0 aromatic heterocycles. The van der Waals surface area contributed by atoms with Crippen LogP contribution in [0.4, 0.5) is 10.1 Å². The van der Waals surface area contributed by atoms with Crippen LogP contribution in [0.15, 0.2) is 42.5 Å². The molecule has 0 saturated heterocycles. The highest BCUT2D eigenvalue weighted by Gasteiger charge is 2.10. The molecule has 0 atom stereocenters. The lowest BCUT2D eigenvalue weighted by Crippen LogP contribution is -2.12. The number of carbonyl (C=O) groups excluding carboxylic acids is 1. The zero-order chi connectivity index (χ0) is 15.4. The number of halogens is 1. The van der Waals surface area contributed by atoms with Gasteiger partial charge in [0.05, 0.1) is 12.7 Å². The Morgan fingerprint density at radius 1 is 1.10 bits per heavy atom. The fourth-order valence-electron chi connectivity index (χ4n) is 1.71. The van der Waals surface area contributed by atoms with Gasteiger partial charge in [0.1, 0.15) is 0 Å². The molecule has 2 N–H and O–H groups in total. The molecule has 0 aliphatic rings. The van der Waals surface area contributed by atoms with Crippen molar-refractivity contribution in [3.63, 3.8) is 0 Å². The topological polar surface area (TPSA) is 75.6 Å². The number of anilines is 1. The lowest BCUT2D eigenvalue weighted by molar-refractivity contribution is 0.0696. The van der Waals surface area contributed by atoms with Gasteiger partial charge in [0.2, 0.25) is 0 Å². The summed E-state index contributed by atoms with van der Waals surface area (Å²) in [4.78, 5) is 22.7. The minimum Gasteiger partial charge on any atom is -0.494 e. The average molecular weight is 289 g/mol. The summed E-state index contributed by atoms with van der Waals surface area (Å²) in [6.45, 7) is 0. The van der Waals surface area contributed by atoms with Gasteiger partial charge in [0, 0.05) is 17.3 Å². The average Bonchev–Trinajstić information content (AvgIpc) is 2.47. The van der Waals surface area contributed by atoms with Crippen molar-refractivity contribution in [1.29, 1.82) is 0 Å².